The van der Waals surface area contributed by atoms with Crippen LogP contribution in [0.25, 0.3) is 105 Å². The van der Waals surface area contributed by atoms with Crippen LogP contribution in [-0.4, -0.2) is 19.5 Å². The molecule has 0 N–H and O–H groups in total. The Morgan fingerprint density at radius 3 is 1.43 bits per heavy atom. The van der Waals surface area contributed by atoms with Crippen LogP contribution in [0.2, 0.25) is 0 Å². The van der Waals surface area contributed by atoms with Crippen molar-refractivity contribution in [2.45, 2.75) is 0 Å². The topological polar surface area (TPSA) is 43.6 Å². The fraction of sp³-hybridized carbons (Fsp3) is 0. The molecule has 0 spiro atoms. The molecule has 11 aromatic rings. The third-order valence-electron chi connectivity index (χ3n) is 10.6. The highest BCUT2D eigenvalue weighted by Crippen LogP contribution is 2.42. The van der Waals surface area contributed by atoms with Crippen molar-refractivity contribution in [3.63, 3.8) is 0 Å². The van der Waals surface area contributed by atoms with Gasteiger partial charge in [0.2, 0.25) is 0 Å². The Morgan fingerprint density at radius 1 is 0.302 bits per heavy atom. The van der Waals surface area contributed by atoms with Crippen molar-refractivity contribution in [1.82, 2.24) is 19.5 Å². The number of benzene rings is 9. The van der Waals surface area contributed by atoms with E-state index in [0.29, 0.717) is 17.5 Å². The van der Waals surface area contributed by atoms with Gasteiger partial charge in [-0.2, -0.15) is 0 Å². The molecule has 2 aromatic heterocycles. The second kappa shape index (κ2) is 11.7. The van der Waals surface area contributed by atoms with Crippen LogP contribution in [0.5, 0.6) is 0 Å². The van der Waals surface area contributed by atoms with E-state index in [1.54, 1.807) is 0 Å². The molecule has 4 heteroatoms. The molecule has 9 aromatic carbocycles. The van der Waals surface area contributed by atoms with Gasteiger partial charge in [0.1, 0.15) is 0 Å². The van der Waals surface area contributed by atoms with Crippen LogP contribution in [0, 0.1) is 0 Å². The minimum atomic E-state index is 0.630. The molecule has 0 unspecified atom stereocenters. The van der Waals surface area contributed by atoms with Crippen LogP contribution in [0.15, 0.2) is 182 Å². The van der Waals surface area contributed by atoms with Gasteiger partial charge in [-0.15, -0.1) is 0 Å². The number of fused-ring (bicyclic) bond motifs is 9. The van der Waals surface area contributed by atoms with Crippen molar-refractivity contribution in [3.8, 4) is 39.9 Å². The van der Waals surface area contributed by atoms with E-state index >= 15 is 0 Å². The minimum absolute atomic E-state index is 0.630. The molecule has 0 saturated carbocycles. The maximum absolute atomic E-state index is 5.21. The first kappa shape index (κ1) is 29.5. The monoisotopic (exact) mass is 674 g/mol. The third kappa shape index (κ3) is 4.73. The van der Waals surface area contributed by atoms with Gasteiger partial charge in [-0.3, -0.25) is 0 Å². The molecule has 2 heterocycles. The lowest BCUT2D eigenvalue weighted by molar-refractivity contribution is 1.07. The van der Waals surface area contributed by atoms with Gasteiger partial charge in [-0.1, -0.05) is 152 Å². The Hall–Kier alpha value is -7.17. The fourth-order valence-electron chi connectivity index (χ4n) is 8.09. The van der Waals surface area contributed by atoms with Gasteiger partial charge in [0.15, 0.2) is 17.5 Å². The SMILES string of the molecule is c1ccc(-c2nc(-c3ccc4ccccc4c3)nc(-c3cc(-n4c5ccc6ccccc6c5c5c6ccccc6ccc54)c4ccccc4c3)n2)cc1. The smallest absolute Gasteiger partial charge is 0.164 e. The van der Waals surface area contributed by atoms with Gasteiger partial charge in [0.25, 0.3) is 0 Å². The number of hydrogen-bond acceptors (Lipinski definition) is 3. The average Bonchev–Trinajstić information content (AvgIpc) is 3.58. The standard InChI is InChI=1S/C49H30N4/c1-2-15-34(16-3-1)47-50-48(37-23-22-31-12-4-5-17-35(31)28-37)52-49(51-47)38-29-36-18-8-9-19-39(36)44(30-38)53-42-26-24-32-13-6-10-20-40(32)45(42)46-41-21-11-7-14-33(41)25-27-43(46)53/h1-30H. The summed E-state index contributed by atoms with van der Waals surface area (Å²) < 4.78 is 2.44. The zero-order valence-corrected chi connectivity index (χ0v) is 28.6. The summed E-state index contributed by atoms with van der Waals surface area (Å²) in [5.74, 6) is 1.91. The normalized spacial score (nSPS) is 11.8. The second-order valence-electron chi connectivity index (χ2n) is 13.6. The Kier molecular flexibility index (Phi) is 6.52. The number of nitrogens with zero attached hydrogens (tertiary/aromatic N) is 4. The molecule has 0 radical (unpaired) electrons. The molecule has 53 heavy (non-hydrogen) atoms. The Morgan fingerprint density at radius 2 is 0.774 bits per heavy atom. The maximum atomic E-state index is 5.21. The summed E-state index contributed by atoms with van der Waals surface area (Å²) in [6.45, 7) is 0. The lowest BCUT2D eigenvalue weighted by Crippen LogP contribution is -2.02. The zero-order chi connectivity index (χ0) is 34.9. The lowest BCUT2D eigenvalue weighted by Gasteiger charge is -2.15. The van der Waals surface area contributed by atoms with Crippen molar-refractivity contribution in [3.05, 3.63) is 182 Å². The molecule has 0 aliphatic heterocycles. The van der Waals surface area contributed by atoms with Gasteiger partial charge in [-0.05, 0) is 68.0 Å². The molecule has 0 amide bonds. The Bertz CT molecular complexity index is 3140. The van der Waals surface area contributed by atoms with Crippen molar-refractivity contribution < 1.29 is 0 Å². The molecule has 0 bridgehead atoms. The van der Waals surface area contributed by atoms with Gasteiger partial charge in [-0.25, -0.2) is 15.0 Å². The van der Waals surface area contributed by atoms with E-state index < -0.39 is 0 Å². The van der Waals surface area contributed by atoms with Crippen LogP contribution >= 0.6 is 0 Å². The summed E-state index contributed by atoms with van der Waals surface area (Å²) in [6.07, 6.45) is 0. The quantitative estimate of drug-likeness (QED) is 0.187. The zero-order valence-electron chi connectivity index (χ0n) is 28.6. The Balaban J connectivity index is 1.22. The van der Waals surface area contributed by atoms with E-state index in [4.69, 9.17) is 15.0 Å². The van der Waals surface area contributed by atoms with Crippen LogP contribution in [-0.2, 0) is 0 Å². The molecular weight excluding hydrogens is 645 g/mol. The van der Waals surface area contributed by atoms with Crippen LogP contribution in [0.3, 0.4) is 0 Å². The van der Waals surface area contributed by atoms with Crippen molar-refractivity contribution in [2.24, 2.45) is 0 Å². The van der Waals surface area contributed by atoms with E-state index in [9.17, 15) is 0 Å². The molecule has 0 aliphatic carbocycles. The Labute approximate surface area is 305 Å². The molecular formula is C49H30N4. The van der Waals surface area contributed by atoms with E-state index in [1.165, 1.54) is 37.7 Å². The minimum Gasteiger partial charge on any atom is -0.309 e. The summed E-state index contributed by atoms with van der Waals surface area (Å²) in [5.41, 5.74) is 6.23. The first-order valence-electron chi connectivity index (χ1n) is 17.9. The number of hydrogen-bond donors (Lipinski definition) is 0. The maximum Gasteiger partial charge on any atom is 0.164 e. The average molecular weight is 675 g/mol. The van der Waals surface area contributed by atoms with E-state index in [1.807, 2.05) is 18.2 Å². The van der Waals surface area contributed by atoms with E-state index in [2.05, 4.69) is 168 Å². The predicted octanol–water partition coefficient (Wildman–Crippen LogP) is 12.6. The molecule has 246 valence electrons. The van der Waals surface area contributed by atoms with E-state index in [-0.39, 0.29) is 0 Å². The summed E-state index contributed by atoms with van der Waals surface area (Å²) in [5, 5.41) is 12.1. The summed E-state index contributed by atoms with van der Waals surface area (Å²) in [4.78, 5) is 15.4. The summed E-state index contributed by atoms with van der Waals surface area (Å²) in [7, 11) is 0. The predicted molar refractivity (Wildman–Crippen MR) is 220 cm³/mol. The molecule has 11 rings (SSSR count). The molecule has 0 fully saturated rings. The van der Waals surface area contributed by atoms with Gasteiger partial charge in [0.05, 0.1) is 16.7 Å². The van der Waals surface area contributed by atoms with Gasteiger partial charge >= 0.3 is 0 Å². The van der Waals surface area contributed by atoms with E-state index in [0.717, 1.165) is 49.6 Å². The summed E-state index contributed by atoms with van der Waals surface area (Å²) >= 11 is 0. The number of rotatable bonds is 4. The van der Waals surface area contributed by atoms with Crippen LogP contribution in [0.1, 0.15) is 0 Å². The summed E-state index contributed by atoms with van der Waals surface area (Å²) in [6, 6.07) is 64.6. The van der Waals surface area contributed by atoms with Gasteiger partial charge in [0, 0.05) is 32.8 Å². The first-order chi connectivity index (χ1) is 26.3. The lowest BCUT2D eigenvalue weighted by atomic mass is 10.00. The third-order valence-corrected chi connectivity index (χ3v) is 10.6. The molecule has 0 saturated heterocycles. The highest BCUT2D eigenvalue weighted by Gasteiger charge is 2.20. The fourth-order valence-corrected chi connectivity index (χ4v) is 8.09. The largest absolute Gasteiger partial charge is 0.309 e. The molecule has 0 aliphatic rings. The highest BCUT2D eigenvalue weighted by molar-refractivity contribution is 6.28. The highest BCUT2D eigenvalue weighted by atomic mass is 15.0. The van der Waals surface area contributed by atoms with Crippen LogP contribution < -0.4 is 0 Å². The van der Waals surface area contributed by atoms with Crippen molar-refractivity contribution >= 4 is 64.9 Å². The first-order valence-corrected chi connectivity index (χ1v) is 17.9. The molecule has 0 atom stereocenters. The number of aromatic nitrogens is 4. The molecule has 4 nitrogen and oxygen atoms in total. The van der Waals surface area contributed by atoms with Crippen LogP contribution in [0.4, 0.5) is 0 Å². The second-order valence-corrected chi connectivity index (χ2v) is 13.6. The van der Waals surface area contributed by atoms with Crippen molar-refractivity contribution in [1.29, 1.82) is 0 Å². The van der Waals surface area contributed by atoms with Crippen molar-refractivity contribution in [2.75, 3.05) is 0 Å². The van der Waals surface area contributed by atoms with Gasteiger partial charge < -0.3 is 4.57 Å².